The Labute approximate surface area is 90.4 Å². The van der Waals surface area contributed by atoms with Crippen molar-refractivity contribution in [2.75, 3.05) is 13.2 Å². The highest BCUT2D eigenvalue weighted by atomic mass is 16.5. The lowest BCUT2D eigenvalue weighted by atomic mass is 10.3. The van der Waals surface area contributed by atoms with Crippen LogP contribution in [-0.4, -0.2) is 19.1 Å². The Bertz CT molecular complexity index is 285. The van der Waals surface area contributed by atoms with Crippen LogP contribution in [0.1, 0.15) is 19.8 Å². The molecular weight excluding hydrogens is 190 g/mol. The van der Waals surface area contributed by atoms with Crippen molar-refractivity contribution >= 4 is 5.91 Å². The molecule has 1 aromatic carbocycles. The van der Waals surface area contributed by atoms with Gasteiger partial charge in [0.2, 0.25) is 0 Å². The van der Waals surface area contributed by atoms with E-state index in [-0.39, 0.29) is 12.5 Å². The molecule has 15 heavy (non-hydrogen) atoms. The number of hydrogen-bond donors (Lipinski definition) is 0. The van der Waals surface area contributed by atoms with Crippen LogP contribution in [-0.2, 0) is 4.79 Å². The topological polar surface area (TPSA) is 40.4 Å². The van der Waals surface area contributed by atoms with Gasteiger partial charge in [0.1, 0.15) is 5.75 Å². The Morgan fingerprint density at radius 1 is 1.33 bits per heavy atom. The number of carbonyl (C=O) groups is 1. The van der Waals surface area contributed by atoms with Crippen LogP contribution in [0.2, 0.25) is 0 Å². The fourth-order valence-corrected chi connectivity index (χ4v) is 1.07. The van der Waals surface area contributed by atoms with Crippen molar-refractivity contribution < 1.29 is 9.53 Å². The van der Waals surface area contributed by atoms with Crippen LogP contribution in [0.15, 0.2) is 30.3 Å². The third-order valence-electron chi connectivity index (χ3n) is 1.91. The first kappa shape index (κ1) is 11.6. The SMILES string of the molecule is CCCC[N]C(=O)COc1ccccc1. The van der Waals surface area contributed by atoms with E-state index in [9.17, 15) is 4.79 Å². The zero-order valence-corrected chi connectivity index (χ0v) is 8.98. The Kier molecular flexibility index (Phi) is 5.30. The average molecular weight is 206 g/mol. The molecule has 0 aromatic heterocycles. The van der Waals surface area contributed by atoms with Gasteiger partial charge < -0.3 is 4.74 Å². The summed E-state index contributed by atoms with van der Waals surface area (Å²) < 4.78 is 5.26. The largest absolute Gasteiger partial charge is 0.484 e. The van der Waals surface area contributed by atoms with Gasteiger partial charge in [-0.2, -0.15) is 0 Å². The molecule has 1 aromatic rings. The molecule has 0 saturated heterocycles. The van der Waals surface area contributed by atoms with Crippen LogP contribution in [0.4, 0.5) is 0 Å². The fourth-order valence-electron chi connectivity index (χ4n) is 1.07. The zero-order valence-electron chi connectivity index (χ0n) is 8.98. The van der Waals surface area contributed by atoms with Gasteiger partial charge >= 0.3 is 0 Å². The number of ether oxygens (including phenoxy) is 1. The van der Waals surface area contributed by atoms with Gasteiger partial charge in [-0.05, 0) is 18.6 Å². The van der Waals surface area contributed by atoms with Crippen LogP contribution < -0.4 is 10.1 Å². The van der Waals surface area contributed by atoms with Crippen molar-refractivity contribution in [2.45, 2.75) is 19.8 Å². The maximum Gasteiger partial charge on any atom is 0.279 e. The van der Waals surface area contributed by atoms with E-state index in [0.29, 0.717) is 12.3 Å². The molecule has 81 valence electrons. The number of rotatable bonds is 6. The molecule has 0 aliphatic heterocycles. The number of carbonyl (C=O) groups excluding carboxylic acids is 1. The Morgan fingerprint density at radius 2 is 2.07 bits per heavy atom. The van der Waals surface area contributed by atoms with Crippen LogP contribution in [0.3, 0.4) is 0 Å². The molecule has 0 saturated carbocycles. The standard InChI is InChI=1S/C12H16NO2/c1-2-3-9-13-12(14)10-15-11-7-5-4-6-8-11/h4-8H,2-3,9-10H2,1H3. The van der Waals surface area contributed by atoms with Gasteiger partial charge in [0.05, 0.1) is 0 Å². The maximum atomic E-state index is 11.2. The number of benzene rings is 1. The molecule has 0 unspecified atom stereocenters. The van der Waals surface area contributed by atoms with Gasteiger partial charge in [0, 0.05) is 6.54 Å². The van der Waals surface area contributed by atoms with E-state index in [1.165, 1.54) is 0 Å². The van der Waals surface area contributed by atoms with Crippen molar-refractivity contribution in [3.63, 3.8) is 0 Å². The van der Waals surface area contributed by atoms with Crippen molar-refractivity contribution in [3.05, 3.63) is 30.3 Å². The molecule has 1 rings (SSSR count). The third-order valence-corrected chi connectivity index (χ3v) is 1.91. The molecule has 0 N–H and O–H groups in total. The predicted molar refractivity (Wildman–Crippen MR) is 58.9 cm³/mol. The van der Waals surface area contributed by atoms with Crippen molar-refractivity contribution in [2.24, 2.45) is 0 Å². The lowest BCUT2D eigenvalue weighted by Crippen LogP contribution is -2.23. The summed E-state index contributed by atoms with van der Waals surface area (Å²) in [7, 11) is 0. The minimum absolute atomic E-state index is 0.0354. The van der Waals surface area contributed by atoms with E-state index in [4.69, 9.17) is 4.74 Å². The summed E-state index contributed by atoms with van der Waals surface area (Å²) in [5.41, 5.74) is 0. The van der Waals surface area contributed by atoms with E-state index in [0.717, 1.165) is 12.8 Å². The Morgan fingerprint density at radius 3 is 2.73 bits per heavy atom. The zero-order chi connectivity index (χ0) is 10.9. The molecule has 0 atom stereocenters. The molecule has 0 fully saturated rings. The summed E-state index contributed by atoms with van der Waals surface area (Å²) in [4.78, 5) is 11.2. The van der Waals surface area contributed by atoms with E-state index >= 15 is 0 Å². The monoisotopic (exact) mass is 206 g/mol. The second-order valence-electron chi connectivity index (χ2n) is 3.23. The van der Waals surface area contributed by atoms with E-state index in [1.54, 1.807) is 0 Å². The van der Waals surface area contributed by atoms with E-state index in [2.05, 4.69) is 12.2 Å². The smallest absolute Gasteiger partial charge is 0.279 e. The van der Waals surface area contributed by atoms with E-state index in [1.807, 2.05) is 30.3 Å². The summed E-state index contributed by atoms with van der Waals surface area (Å²) >= 11 is 0. The van der Waals surface area contributed by atoms with Crippen LogP contribution in [0.25, 0.3) is 0 Å². The van der Waals surface area contributed by atoms with Crippen molar-refractivity contribution in [3.8, 4) is 5.75 Å². The molecule has 0 spiro atoms. The van der Waals surface area contributed by atoms with Gasteiger partial charge in [-0.15, -0.1) is 0 Å². The highest BCUT2D eigenvalue weighted by Gasteiger charge is 2.02. The molecule has 1 amide bonds. The third kappa shape index (κ3) is 5.05. The highest BCUT2D eigenvalue weighted by Crippen LogP contribution is 2.07. The predicted octanol–water partition coefficient (Wildman–Crippen LogP) is 2.00. The molecule has 0 heterocycles. The number of amides is 1. The first-order valence-corrected chi connectivity index (χ1v) is 5.21. The number of nitrogens with zero attached hydrogens (tertiary/aromatic N) is 1. The molecule has 0 bridgehead atoms. The number of hydrogen-bond acceptors (Lipinski definition) is 2. The second-order valence-corrected chi connectivity index (χ2v) is 3.23. The molecule has 0 aliphatic rings. The number of para-hydroxylation sites is 1. The van der Waals surface area contributed by atoms with Gasteiger partial charge in [-0.3, -0.25) is 4.79 Å². The molecule has 0 aliphatic carbocycles. The average Bonchev–Trinajstić information content (AvgIpc) is 2.28. The highest BCUT2D eigenvalue weighted by molar-refractivity contribution is 5.77. The lowest BCUT2D eigenvalue weighted by Gasteiger charge is -2.04. The Hall–Kier alpha value is -1.51. The van der Waals surface area contributed by atoms with Crippen molar-refractivity contribution in [1.82, 2.24) is 5.32 Å². The van der Waals surface area contributed by atoms with Crippen molar-refractivity contribution in [1.29, 1.82) is 0 Å². The van der Waals surface area contributed by atoms with Gasteiger partial charge in [0.25, 0.3) is 5.91 Å². The summed E-state index contributed by atoms with van der Waals surface area (Å²) in [6.45, 7) is 2.71. The Balaban J connectivity index is 2.17. The summed E-state index contributed by atoms with van der Waals surface area (Å²) in [5, 5.41) is 3.87. The minimum atomic E-state index is -0.188. The quantitative estimate of drug-likeness (QED) is 0.668. The minimum Gasteiger partial charge on any atom is -0.484 e. The van der Waals surface area contributed by atoms with E-state index < -0.39 is 0 Å². The van der Waals surface area contributed by atoms with Crippen LogP contribution >= 0.6 is 0 Å². The van der Waals surface area contributed by atoms with Gasteiger partial charge in [0.15, 0.2) is 6.61 Å². The number of unbranched alkanes of at least 4 members (excludes halogenated alkanes) is 1. The second kappa shape index (κ2) is 6.87. The summed E-state index contributed by atoms with van der Waals surface area (Å²) in [6, 6.07) is 9.28. The van der Waals surface area contributed by atoms with Crippen LogP contribution in [0, 0.1) is 0 Å². The normalized spacial score (nSPS) is 9.67. The van der Waals surface area contributed by atoms with Crippen LogP contribution in [0.5, 0.6) is 5.75 Å². The summed E-state index contributed by atoms with van der Waals surface area (Å²) in [6.07, 6.45) is 2.01. The molecule has 3 heteroatoms. The maximum absolute atomic E-state index is 11.2. The molecular formula is C12H16NO2. The van der Waals surface area contributed by atoms with Gasteiger partial charge in [-0.25, -0.2) is 5.32 Å². The first-order chi connectivity index (χ1) is 7.33. The van der Waals surface area contributed by atoms with Gasteiger partial charge in [-0.1, -0.05) is 31.5 Å². The summed E-state index contributed by atoms with van der Waals surface area (Å²) in [5.74, 6) is 0.517. The fraction of sp³-hybridized carbons (Fsp3) is 0.417. The molecule has 3 nitrogen and oxygen atoms in total. The lowest BCUT2D eigenvalue weighted by molar-refractivity contribution is -0.123. The first-order valence-electron chi connectivity index (χ1n) is 5.21. The molecule has 1 radical (unpaired) electrons.